The molecule has 2 rings (SSSR count). The number of nitrogens with one attached hydrogen (secondary N) is 1. The Kier molecular flexibility index (Phi) is 10.1. The van der Waals surface area contributed by atoms with Crippen molar-refractivity contribution in [3.8, 4) is 0 Å². The molecule has 1 atom stereocenters. The minimum absolute atomic E-state index is 0.467. The molecule has 0 bridgehead atoms. The minimum Gasteiger partial charge on any atom is -0.382 e. The molecule has 28 heavy (non-hydrogen) atoms. The highest BCUT2D eigenvalue weighted by Gasteiger charge is 2.11. The predicted molar refractivity (Wildman–Crippen MR) is 116 cm³/mol. The smallest absolute Gasteiger partial charge is 0.382 e. The van der Waals surface area contributed by atoms with Crippen molar-refractivity contribution in [2.24, 2.45) is 0 Å². The fraction of sp³-hybridized carbons (Fsp3) is 0.550. The lowest BCUT2D eigenvalue weighted by atomic mass is 10.0. The molecule has 0 aliphatic rings. The van der Waals surface area contributed by atoms with Crippen LogP contribution in [0.25, 0.3) is 10.9 Å². The van der Waals surface area contributed by atoms with Gasteiger partial charge < -0.3 is 24.9 Å². The Morgan fingerprint density at radius 3 is 2.32 bits per heavy atom. The average molecular weight is 411 g/mol. The maximum absolute atomic E-state index is 8.88. The van der Waals surface area contributed by atoms with Crippen LogP contribution >= 0.6 is 7.82 Å². The molecule has 0 spiro atoms. The Bertz CT molecular complexity index is 782. The first-order valence-corrected chi connectivity index (χ1v) is 11.2. The molecule has 7 nitrogen and oxygen atoms in total. The number of aromatic nitrogens is 1. The van der Waals surface area contributed by atoms with Crippen molar-refractivity contribution in [1.82, 2.24) is 9.88 Å². The van der Waals surface area contributed by atoms with Crippen molar-refractivity contribution < 1.29 is 19.2 Å². The van der Waals surface area contributed by atoms with Crippen molar-refractivity contribution in [3.05, 3.63) is 35.5 Å². The Hall–Kier alpha value is -1.50. The monoisotopic (exact) mass is 411 g/mol. The summed E-state index contributed by atoms with van der Waals surface area (Å²) in [5.41, 5.74) is 4.84. The van der Waals surface area contributed by atoms with Gasteiger partial charge in [0.15, 0.2) is 0 Å². The van der Waals surface area contributed by atoms with Gasteiger partial charge in [0.2, 0.25) is 0 Å². The lowest BCUT2D eigenvalue weighted by Crippen LogP contribution is -2.25. The van der Waals surface area contributed by atoms with Gasteiger partial charge in [-0.25, -0.2) is 4.57 Å². The molecule has 0 amide bonds. The molecular weight excluding hydrogens is 377 g/mol. The summed E-state index contributed by atoms with van der Waals surface area (Å²) in [6, 6.07) is 6.81. The highest BCUT2D eigenvalue weighted by atomic mass is 31.2. The Morgan fingerprint density at radius 2 is 1.75 bits per heavy atom. The Labute approximate surface area is 168 Å². The number of aryl methyl sites for hydroxylation is 2. The maximum atomic E-state index is 8.88. The quantitative estimate of drug-likeness (QED) is 0.489. The molecule has 8 heteroatoms. The van der Waals surface area contributed by atoms with Crippen molar-refractivity contribution in [2.75, 3.05) is 25.0 Å². The van der Waals surface area contributed by atoms with E-state index in [4.69, 9.17) is 19.2 Å². The molecular formula is C20H34N3O4P. The molecule has 0 radical (unpaired) electrons. The van der Waals surface area contributed by atoms with E-state index in [-0.39, 0.29) is 0 Å². The van der Waals surface area contributed by atoms with Crippen molar-refractivity contribution in [3.63, 3.8) is 0 Å². The minimum atomic E-state index is -4.64. The van der Waals surface area contributed by atoms with Crippen LogP contribution in [0.1, 0.15) is 44.7 Å². The molecule has 0 aliphatic carbocycles. The third-order valence-electron chi connectivity index (χ3n) is 4.69. The second-order valence-electron chi connectivity index (χ2n) is 7.01. The van der Waals surface area contributed by atoms with Crippen LogP contribution in [0, 0.1) is 13.8 Å². The summed E-state index contributed by atoms with van der Waals surface area (Å²) in [5, 5.41) is 5.01. The van der Waals surface area contributed by atoms with Gasteiger partial charge in [-0.2, -0.15) is 0 Å². The third kappa shape index (κ3) is 8.67. The van der Waals surface area contributed by atoms with Crippen LogP contribution in [0.2, 0.25) is 0 Å². The van der Waals surface area contributed by atoms with Crippen molar-refractivity contribution in [1.29, 1.82) is 0 Å². The van der Waals surface area contributed by atoms with E-state index < -0.39 is 7.82 Å². The summed E-state index contributed by atoms with van der Waals surface area (Å²) in [7, 11) is -4.64. The number of anilines is 1. The van der Waals surface area contributed by atoms with Crippen molar-refractivity contribution >= 4 is 24.4 Å². The number of benzene rings is 1. The maximum Gasteiger partial charge on any atom is 0.466 e. The van der Waals surface area contributed by atoms with E-state index in [1.807, 2.05) is 6.20 Å². The first-order valence-electron chi connectivity index (χ1n) is 9.68. The largest absolute Gasteiger partial charge is 0.466 e. The Morgan fingerprint density at radius 1 is 1.14 bits per heavy atom. The van der Waals surface area contributed by atoms with E-state index in [2.05, 4.69) is 68.0 Å². The van der Waals surface area contributed by atoms with E-state index in [1.165, 1.54) is 41.6 Å². The molecule has 1 unspecified atom stereocenters. The number of rotatable bonds is 8. The van der Waals surface area contributed by atoms with Crippen LogP contribution in [-0.2, 0) is 4.57 Å². The predicted octanol–water partition coefficient (Wildman–Crippen LogP) is 3.85. The van der Waals surface area contributed by atoms with Crippen LogP contribution < -0.4 is 5.32 Å². The van der Waals surface area contributed by atoms with Crippen LogP contribution in [0.15, 0.2) is 24.4 Å². The van der Waals surface area contributed by atoms with Gasteiger partial charge in [0.05, 0.1) is 5.52 Å². The normalized spacial score (nSPS) is 12.6. The number of pyridine rings is 1. The first-order chi connectivity index (χ1) is 13.1. The van der Waals surface area contributed by atoms with Gasteiger partial charge in [-0.15, -0.1) is 0 Å². The third-order valence-corrected chi connectivity index (χ3v) is 4.69. The lowest BCUT2D eigenvalue weighted by Gasteiger charge is -2.22. The van der Waals surface area contributed by atoms with Gasteiger partial charge in [0.25, 0.3) is 0 Å². The molecule has 1 aromatic carbocycles. The second-order valence-corrected chi connectivity index (χ2v) is 8.04. The fourth-order valence-electron chi connectivity index (χ4n) is 3.18. The van der Waals surface area contributed by atoms with Crippen LogP contribution in [0.5, 0.6) is 0 Å². The van der Waals surface area contributed by atoms with Crippen molar-refractivity contribution in [2.45, 2.75) is 53.5 Å². The van der Waals surface area contributed by atoms with Crippen LogP contribution in [-0.4, -0.2) is 50.2 Å². The molecule has 0 saturated heterocycles. The average Bonchev–Trinajstić information content (AvgIpc) is 2.60. The van der Waals surface area contributed by atoms with Crippen LogP contribution in [0.4, 0.5) is 5.69 Å². The van der Waals surface area contributed by atoms with Gasteiger partial charge in [0, 0.05) is 23.3 Å². The number of fused-ring (bicyclic) bond motifs is 1. The molecule has 0 saturated carbocycles. The zero-order valence-electron chi connectivity index (χ0n) is 17.5. The van der Waals surface area contributed by atoms with Gasteiger partial charge in [-0.1, -0.05) is 26.0 Å². The summed E-state index contributed by atoms with van der Waals surface area (Å²) in [4.78, 5) is 28.6. The molecule has 2 aromatic rings. The summed E-state index contributed by atoms with van der Waals surface area (Å²) >= 11 is 0. The highest BCUT2D eigenvalue weighted by Crippen LogP contribution is 2.29. The van der Waals surface area contributed by atoms with Crippen LogP contribution in [0.3, 0.4) is 0 Å². The van der Waals surface area contributed by atoms with E-state index in [0.29, 0.717) is 6.04 Å². The molecule has 0 aliphatic heterocycles. The second kappa shape index (κ2) is 11.5. The molecule has 1 heterocycles. The van der Waals surface area contributed by atoms with E-state index in [1.54, 1.807) is 0 Å². The summed E-state index contributed by atoms with van der Waals surface area (Å²) < 4.78 is 8.88. The number of phosphoric acid groups is 1. The molecule has 1 aromatic heterocycles. The summed E-state index contributed by atoms with van der Waals surface area (Å²) in [6.07, 6.45) is 4.40. The summed E-state index contributed by atoms with van der Waals surface area (Å²) in [6.45, 7) is 14.5. The number of hydrogen-bond acceptors (Lipinski definition) is 4. The summed E-state index contributed by atoms with van der Waals surface area (Å²) in [5.74, 6) is 0. The lowest BCUT2D eigenvalue weighted by molar-refractivity contribution is 0.275. The van der Waals surface area contributed by atoms with Gasteiger partial charge >= 0.3 is 7.82 Å². The zero-order chi connectivity index (χ0) is 21.3. The topological polar surface area (TPSA) is 106 Å². The Balaban J connectivity index is 0.000000696. The first kappa shape index (κ1) is 24.5. The van der Waals surface area contributed by atoms with Gasteiger partial charge in [-0.3, -0.25) is 4.98 Å². The van der Waals surface area contributed by atoms with E-state index in [9.17, 15) is 0 Å². The zero-order valence-corrected chi connectivity index (χ0v) is 18.4. The standard InChI is InChI=1S/C20H31N3.H3O4P/c1-6-23(7-2)13-9-11-17(5)22-20-16(4)14-21-18-12-8-10-15(3)19(18)20;1-5(2,3)4/h8,10,12,14,17H,6-7,9,11,13H2,1-5H3,(H,21,22);(H3,1,2,3,4). The molecule has 158 valence electrons. The molecule has 0 fully saturated rings. The highest BCUT2D eigenvalue weighted by molar-refractivity contribution is 7.45. The van der Waals surface area contributed by atoms with E-state index >= 15 is 0 Å². The van der Waals surface area contributed by atoms with E-state index in [0.717, 1.165) is 18.6 Å². The fourth-order valence-corrected chi connectivity index (χ4v) is 3.18. The van der Waals surface area contributed by atoms with Gasteiger partial charge in [0.1, 0.15) is 0 Å². The number of hydrogen-bond donors (Lipinski definition) is 4. The number of nitrogens with zero attached hydrogens (tertiary/aromatic N) is 2. The SMILES string of the molecule is CCN(CC)CCCC(C)Nc1c(C)cnc2cccc(C)c12.O=P(O)(O)O. The molecule has 4 N–H and O–H groups in total. The van der Waals surface area contributed by atoms with Gasteiger partial charge in [-0.05, 0) is 70.4 Å².